The van der Waals surface area contributed by atoms with Crippen LogP contribution in [0.15, 0.2) is 205 Å². The number of hydrogen-bond acceptors (Lipinski definition) is 3. The normalized spacial score (nSPS) is 15.0. The Morgan fingerprint density at radius 3 is 1.98 bits per heavy atom. The second kappa shape index (κ2) is 11.8. The Kier molecular flexibility index (Phi) is 6.55. The van der Waals surface area contributed by atoms with Crippen LogP contribution >= 0.6 is 0 Å². The minimum atomic E-state index is -0.632. The van der Waals surface area contributed by atoms with Crippen LogP contribution in [0.5, 0.6) is 11.5 Å². The van der Waals surface area contributed by atoms with Crippen LogP contribution in [-0.4, -0.2) is 0 Å². The maximum Gasteiger partial charge on any atom is 0.137 e. The summed E-state index contributed by atoms with van der Waals surface area (Å²) in [7, 11) is 0. The summed E-state index contributed by atoms with van der Waals surface area (Å²) in [5.41, 5.74) is 13.9. The second-order valence-corrected chi connectivity index (χ2v) is 14.8. The van der Waals surface area contributed by atoms with Gasteiger partial charge in [-0.1, -0.05) is 140 Å². The van der Waals surface area contributed by atoms with Crippen molar-refractivity contribution in [1.29, 1.82) is 0 Å². The van der Waals surface area contributed by atoms with Crippen molar-refractivity contribution in [2.75, 3.05) is 4.90 Å². The van der Waals surface area contributed by atoms with E-state index in [0.29, 0.717) is 0 Å². The molecule has 3 heteroatoms. The average Bonchev–Trinajstić information content (AvgIpc) is 3.77. The molecule has 0 fully saturated rings. The van der Waals surface area contributed by atoms with Gasteiger partial charge in [0.1, 0.15) is 22.7 Å². The third-order valence-corrected chi connectivity index (χ3v) is 11.9. The Morgan fingerprint density at radius 1 is 0.375 bits per heavy atom. The fourth-order valence-corrected chi connectivity index (χ4v) is 9.56. The van der Waals surface area contributed by atoms with Crippen molar-refractivity contribution in [3.05, 3.63) is 222 Å². The van der Waals surface area contributed by atoms with E-state index in [9.17, 15) is 0 Å². The molecule has 2 heterocycles. The van der Waals surface area contributed by atoms with Crippen LogP contribution < -0.4 is 9.64 Å². The van der Waals surface area contributed by atoms with Crippen molar-refractivity contribution in [2.24, 2.45) is 0 Å². The molecular weight excluding hydrogens is 683 g/mol. The first kappa shape index (κ1) is 31.0. The summed E-state index contributed by atoms with van der Waals surface area (Å²) in [6.45, 7) is 0. The molecule has 0 radical (unpaired) electrons. The Hall–Kier alpha value is -7.36. The van der Waals surface area contributed by atoms with Gasteiger partial charge in [0, 0.05) is 45.0 Å². The van der Waals surface area contributed by atoms with E-state index < -0.39 is 5.41 Å². The number of furan rings is 1. The lowest BCUT2D eigenvalue weighted by Gasteiger charge is -2.40. The standard InChI is InChI=1S/C53H33NO2/c1-2-13-34(14-3-1)36-16-12-17-37(31-36)54(39-27-29-44-43-20-7-10-23-48(43)55-51(44)33-39)38-26-28-42-41-19-6-8-21-45(41)53(47(42)32-38)46-22-9-11-24-49(46)56-50-30-25-35-15-4-5-18-40(35)52(50)53/h1-33H. The molecule has 1 atom stereocenters. The lowest BCUT2D eigenvalue weighted by molar-refractivity contribution is 0.438. The van der Waals surface area contributed by atoms with Gasteiger partial charge in [-0.2, -0.15) is 0 Å². The molecule has 1 aliphatic heterocycles. The van der Waals surface area contributed by atoms with E-state index in [1.54, 1.807) is 0 Å². The zero-order valence-corrected chi connectivity index (χ0v) is 30.3. The summed E-state index contributed by atoms with van der Waals surface area (Å²) in [5.74, 6) is 1.77. The maximum atomic E-state index is 6.82. The van der Waals surface area contributed by atoms with Gasteiger partial charge in [0.05, 0.1) is 5.41 Å². The highest BCUT2D eigenvalue weighted by Gasteiger charge is 2.52. The monoisotopic (exact) mass is 715 g/mol. The molecule has 0 N–H and O–H groups in total. The summed E-state index contributed by atoms with van der Waals surface area (Å²) in [5, 5.41) is 4.60. The van der Waals surface area contributed by atoms with Crippen molar-refractivity contribution in [3.8, 4) is 33.8 Å². The zero-order valence-electron chi connectivity index (χ0n) is 30.3. The lowest BCUT2D eigenvalue weighted by Crippen LogP contribution is -2.32. The SMILES string of the molecule is c1ccc(-c2cccc(N(c3ccc4c(c3)C3(c5ccccc5Oc5ccc6ccccc6c53)c3ccccc3-4)c3ccc4c(c3)oc3ccccc34)c2)cc1. The molecule has 0 amide bonds. The first-order valence-electron chi connectivity index (χ1n) is 19.2. The van der Waals surface area contributed by atoms with E-state index in [4.69, 9.17) is 9.15 Å². The molecule has 0 saturated carbocycles. The van der Waals surface area contributed by atoms with Crippen molar-refractivity contribution in [1.82, 2.24) is 0 Å². The fourth-order valence-electron chi connectivity index (χ4n) is 9.56. The number of hydrogen-bond donors (Lipinski definition) is 0. The largest absolute Gasteiger partial charge is 0.457 e. The predicted octanol–water partition coefficient (Wildman–Crippen LogP) is 14.3. The molecular formula is C53H33NO2. The number of ether oxygens (including phenoxy) is 1. The number of para-hydroxylation sites is 2. The number of benzene rings is 9. The third-order valence-electron chi connectivity index (χ3n) is 11.9. The van der Waals surface area contributed by atoms with Gasteiger partial charge in [0.25, 0.3) is 0 Å². The Morgan fingerprint density at radius 2 is 1.05 bits per heavy atom. The highest BCUT2D eigenvalue weighted by atomic mass is 16.5. The Bertz CT molecular complexity index is 3200. The van der Waals surface area contributed by atoms with Gasteiger partial charge in [-0.25, -0.2) is 0 Å². The first-order chi connectivity index (χ1) is 27.8. The van der Waals surface area contributed by atoms with Crippen molar-refractivity contribution < 1.29 is 9.15 Å². The second-order valence-electron chi connectivity index (χ2n) is 14.8. The molecule has 1 spiro atoms. The molecule has 0 saturated heterocycles. The molecule has 1 aliphatic carbocycles. The number of fused-ring (bicyclic) bond motifs is 14. The van der Waals surface area contributed by atoms with Crippen LogP contribution in [0.4, 0.5) is 17.1 Å². The topological polar surface area (TPSA) is 25.6 Å². The van der Waals surface area contributed by atoms with Gasteiger partial charge in [-0.3, -0.25) is 0 Å². The van der Waals surface area contributed by atoms with E-state index in [2.05, 4.69) is 193 Å². The van der Waals surface area contributed by atoms with E-state index in [1.165, 1.54) is 44.2 Å². The van der Waals surface area contributed by atoms with Crippen LogP contribution in [0, 0.1) is 0 Å². The third kappa shape index (κ3) is 4.34. The minimum absolute atomic E-state index is 0.632. The molecule has 12 rings (SSSR count). The Labute approximate surface area is 324 Å². The molecule has 0 bridgehead atoms. The predicted molar refractivity (Wildman–Crippen MR) is 229 cm³/mol. The number of anilines is 3. The van der Waals surface area contributed by atoms with Crippen molar-refractivity contribution >= 4 is 49.8 Å². The molecule has 1 aromatic heterocycles. The smallest absolute Gasteiger partial charge is 0.137 e. The summed E-state index contributed by atoms with van der Waals surface area (Å²) < 4.78 is 13.3. The van der Waals surface area contributed by atoms with Gasteiger partial charge >= 0.3 is 0 Å². The van der Waals surface area contributed by atoms with E-state index in [0.717, 1.165) is 61.6 Å². The molecule has 262 valence electrons. The molecule has 2 aliphatic rings. The molecule has 10 aromatic rings. The maximum absolute atomic E-state index is 6.82. The molecule has 1 unspecified atom stereocenters. The lowest BCUT2D eigenvalue weighted by atomic mass is 9.65. The quantitative estimate of drug-likeness (QED) is 0.181. The molecule has 56 heavy (non-hydrogen) atoms. The molecule has 3 nitrogen and oxygen atoms in total. The van der Waals surface area contributed by atoms with Crippen LogP contribution in [0.1, 0.15) is 22.3 Å². The van der Waals surface area contributed by atoms with Crippen molar-refractivity contribution in [3.63, 3.8) is 0 Å². The zero-order chi connectivity index (χ0) is 36.8. The average molecular weight is 716 g/mol. The first-order valence-corrected chi connectivity index (χ1v) is 19.2. The molecule has 9 aromatic carbocycles. The van der Waals surface area contributed by atoms with E-state index in [1.807, 2.05) is 12.1 Å². The highest BCUT2D eigenvalue weighted by molar-refractivity contribution is 6.06. The van der Waals surface area contributed by atoms with Gasteiger partial charge in [0.15, 0.2) is 0 Å². The van der Waals surface area contributed by atoms with Gasteiger partial charge in [-0.05, 0) is 98.8 Å². The van der Waals surface area contributed by atoms with Crippen LogP contribution in [0.25, 0.3) is 55.0 Å². The van der Waals surface area contributed by atoms with Crippen molar-refractivity contribution in [2.45, 2.75) is 5.41 Å². The van der Waals surface area contributed by atoms with E-state index >= 15 is 0 Å². The Balaban J connectivity index is 1.16. The highest BCUT2D eigenvalue weighted by Crippen LogP contribution is 2.64. The van der Waals surface area contributed by atoms with Crippen LogP contribution in [0.3, 0.4) is 0 Å². The van der Waals surface area contributed by atoms with Gasteiger partial charge in [0.2, 0.25) is 0 Å². The minimum Gasteiger partial charge on any atom is -0.457 e. The fraction of sp³-hybridized carbons (Fsp3) is 0.0189. The van der Waals surface area contributed by atoms with E-state index in [-0.39, 0.29) is 0 Å². The van der Waals surface area contributed by atoms with Crippen LogP contribution in [-0.2, 0) is 5.41 Å². The number of rotatable bonds is 4. The van der Waals surface area contributed by atoms with Crippen LogP contribution in [0.2, 0.25) is 0 Å². The number of nitrogens with zero attached hydrogens (tertiary/aromatic N) is 1. The summed E-state index contributed by atoms with van der Waals surface area (Å²) in [6.07, 6.45) is 0. The summed E-state index contributed by atoms with van der Waals surface area (Å²) in [6, 6.07) is 72.0. The summed E-state index contributed by atoms with van der Waals surface area (Å²) >= 11 is 0. The summed E-state index contributed by atoms with van der Waals surface area (Å²) in [4.78, 5) is 2.38. The van der Waals surface area contributed by atoms with Gasteiger partial charge < -0.3 is 14.1 Å². The van der Waals surface area contributed by atoms with Gasteiger partial charge in [-0.15, -0.1) is 0 Å².